The number of carbonyl (C=O) groups is 2. The standard InChI is InChI=1S/C20H24N2O3/c1-20(2,3)25-19(24)21-22(4)18(23)17(15-11-7-5-8-12-15)16-13-9-6-10-14-16/h5-14,17H,1-4H3,(H,21,24). The Hall–Kier alpha value is -2.82. The van der Waals surface area contributed by atoms with Crippen LogP contribution in [0.4, 0.5) is 4.79 Å². The van der Waals surface area contributed by atoms with E-state index in [1.54, 1.807) is 20.8 Å². The molecule has 0 radical (unpaired) electrons. The van der Waals surface area contributed by atoms with E-state index < -0.39 is 17.6 Å². The first kappa shape index (κ1) is 18.5. The molecular weight excluding hydrogens is 316 g/mol. The van der Waals surface area contributed by atoms with Gasteiger partial charge < -0.3 is 4.74 Å². The molecule has 0 aliphatic heterocycles. The normalized spacial score (nSPS) is 11.1. The molecule has 132 valence electrons. The van der Waals surface area contributed by atoms with Crippen LogP contribution in [0.5, 0.6) is 0 Å². The molecule has 0 heterocycles. The third kappa shape index (κ3) is 5.35. The summed E-state index contributed by atoms with van der Waals surface area (Å²) < 4.78 is 5.21. The number of hydrazine groups is 1. The lowest BCUT2D eigenvalue weighted by Gasteiger charge is -2.26. The summed E-state index contributed by atoms with van der Waals surface area (Å²) in [6.07, 6.45) is -0.664. The number of amides is 2. The number of likely N-dealkylation sites (N-methyl/N-ethyl adjacent to an activating group) is 1. The van der Waals surface area contributed by atoms with Crippen molar-refractivity contribution in [3.05, 3.63) is 71.8 Å². The fourth-order valence-corrected chi connectivity index (χ4v) is 2.46. The summed E-state index contributed by atoms with van der Waals surface area (Å²) in [6.45, 7) is 5.31. The van der Waals surface area contributed by atoms with Gasteiger partial charge in [-0.25, -0.2) is 10.2 Å². The summed E-state index contributed by atoms with van der Waals surface area (Å²) in [7, 11) is 1.52. The Morgan fingerprint density at radius 2 is 1.36 bits per heavy atom. The van der Waals surface area contributed by atoms with E-state index in [4.69, 9.17) is 4.74 Å². The molecule has 5 heteroatoms. The molecule has 0 bridgehead atoms. The van der Waals surface area contributed by atoms with E-state index in [1.807, 2.05) is 60.7 Å². The summed E-state index contributed by atoms with van der Waals surface area (Å²) in [5.74, 6) is -0.759. The summed E-state index contributed by atoms with van der Waals surface area (Å²) in [5, 5.41) is 1.18. The summed E-state index contributed by atoms with van der Waals surface area (Å²) in [6, 6.07) is 19.0. The minimum atomic E-state index is -0.664. The van der Waals surface area contributed by atoms with Gasteiger partial charge in [0.2, 0.25) is 0 Å². The largest absolute Gasteiger partial charge is 0.443 e. The number of hydrogen-bond acceptors (Lipinski definition) is 3. The second-order valence-corrected chi connectivity index (χ2v) is 6.77. The Kier molecular flexibility index (Phi) is 5.80. The molecule has 0 saturated carbocycles. The van der Waals surface area contributed by atoms with Crippen LogP contribution < -0.4 is 5.43 Å². The van der Waals surface area contributed by atoms with Crippen LogP contribution in [0, 0.1) is 0 Å². The molecule has 5 nitrogen and oxygen atoms in total. The van der Waals surface area contributed by atoms with Crippen molar-refractivity contribution in [3.8, 4) is 0 Å². The lowest BCUT2D eigenvalue weighted by atomic mass is 9.90. The zero-order valence-corrected chi connectivity index (χ0v) is 15.0. The van der Waals surface area contributed by atoms with Crippen molar-refractivity contribution in [2.75, 3.05) is 7.05 Å². The van der Waals surface area contributed by atoms with Gasteiger partial charge in [0.1, 0.15) is 5.60 Å². The van der Waals surface area contributed by atoms with E-state index in [9.17, 15) is 9.59 Å². The van der Waals surface area contributed by atoms with Gasteiger partial charge in [-0.1, -0.05) is 60.7 Å². The first-order valence-corrected chi connectivity index (χ1v) is 8.15. The molecule has 0 unspecified atom stereocenters. The van der Waals surface area contributed by atoms with Crippen molar-refractivity contribution < 1.29 is 14.3 Å². The van der Waals surface area contributed by atoms with Crippen LogP contribution in [0.2, 0.25) is 0 Å². The Bertz CT molecular complexity index is 669. The van der Waals surface area contributed by atoms with Gasteiger partial charge in [-0.15, -0.1) is 0 Å². The molecule has 0 saturated heterocycles. The van der Waals surface area contributed by atoms with Gasteiger partial charge in [-0.3, -0.25) is 9.80 Å². The van der Waals surface area contributed by atoms with Gasteiger partial charge in [-0.2, -0.15) is 0 Å². The van der Waals surface area contributed by atoms with Crippen LogP contribution in [0.15, 0.2) is 60.7 Å². The Morgan fingerprint density at radius 3 is 1.76 bits per heavy atom. The van der Waals surface area contributed by atoms with Crippen molar-refractivity contribution in [2.45, 2.75) is 32.3 Å². The minimum absolute atomic E-state index is 0.247. The molecule has 2 aromatic rings. The molecule has 0 aliphatic carbocycles. The molecule has 2 rings (SSSR count). The van der Waals surface area contributed by atoms with Crippen molar-refractivity contribution in [3.63, 3.8) is 0 Å². The zero-order chi connectivity index (χ0) is 18.4. The van der Waals surface area contributed by atoms with Crippen LogP contribution in [-0.2, 0) is 9.53 Å². The zero-order valence-electron chi connectivity index (χ0n) is 15.0. The highest BCUT2D eigenvalue weighted by Crippen LogP contribution is 2.26. The van der Waals surface area contributed by atoms with E-state index in [-0.39, 0.29) is 5.91 Å². The maximum atomic E-state index is 13.0. The average Bonchev–Trinajstić information content (AvgIpc) is 2.55. The first-order valence-electron chi connectivity index (χ1n) is 8.15. The minimum Gasteiger partial charge on any atom is -0.443 e. The quantitative estimate of drug-likeness (QED) is 0.867. The van der Waals surface area contributed by atoms with E-state index in [0.717, 1.165) is 11.1 Å². The van der Waals surface area contributed by atoms with E-state index in [0.29, 0.717) is 0 Å². The highest BCUT2D eigenvalue weighted by atomic mass is 16.6. The second kappa shape index (κ2) is 7.83. The topological polar surface area (TPSA) is 58.6 Å². The molecule has 0 atom stereocenters. The molecule has 0 fully saturated rings. The van der Waals surface area contributed by atoms with E-state index >= 15 is 0 Å². The summed E-state index contributed by atoms with van der Waals surface area (Å²) in [5.41, 5.74) is 3.56. The van der Waals surface area contributed by atoms with Crippen molar-refractivity contribution >= 4 is 12.0 Å². The molecule has 0 aliphatic rings. The Labute approximate surface area is 148 Å². The predicted octanol–water partition coefficient (Wildman–Crippen LogP) is 3.72. The van der Waals surface area contributed by atoms with Gasteiger partial charge >= 0.3 is 6.09 Å². The SMILES string of the molecule is CN(NC(=O)OC(C)(C)C)C(=O)C(c1ccccc1)c1ccccc1. The number of nitrogens with zero attached hydrogens (tertiary/aromatic N) is 1. The maximum absolute atomic E-state index is 13.0. The average molecular weight is 340 g/mol. The smallest absolute Gasteiger partial charge is 0.426 e. The molecule has 2 aromatic carbocycles. The van der Waals surface area contributed by atoms with E-state index in [2.05, 4.69) is 5.43 Å². The van der Waals surface area contributed by atoms with Gasteiger partial charge in [0, 0.05) is 7.05 Å². The second-order valence-electron chi connectivity index (χ2n) is 6.77. The van der Waals surface area contributed by atoms with Crippen LogP contribution in [0.25, 0.3) is 0 Å². The van der Waals surface area contributed by atoms with Crippen molar-refractivity contribution in [1.82, 2.24) is 10.4 Å². The molecule has 2 amide bonds. The van der Waals surface area contributed by atoms with E-state index in [1.165, 1.54) is 12.1 Å². The fraction of sp³-hybridized carbons (Fsp3) is 0.300. The predicted molar refractivity (Wildman–Crippen MR) is 96.9 cm³/mol. The highest BCUT2D eigenvalue weighted by molar-refractivity contribution is 5.88. The Balaban J connectivity index is 2.23. The van der Waals surface area contributed by atoms with Gasteiger partial charge in [0.05, 0.1) is 5.92 Å². The number of ether oxygens (including phenoxy) is 1. The number of rotatable bonds is 3. The summed E-state index contributed by atoms with van der Waals surface area (Å²) >= 11 is 0. The van der Waals surface area contributed by atoms with Gasteiger partial charge in [-0.05, 0) is 31.9 Å². The molecular formula is C20H24N2O3. The molecule has 1 N–H and O–H groups in total. The van der Waals surface area contributed by atoms with Crippen LogP contribution >= 0.6 is 0 Å². The number of carbonyl (C=O) groups excluding carboxylic acids is 2. The number of benzene rings is 2. The van der Waals surface area contributed by atoms with Crippen LogP contribution in [-0.4, -0.2) is 29.7 Å². The molecule has 0 spiro atoms. The van der Waals surface area contributed by atoms with Crippen LogP contribution in [0.3, 0.4) is 0 Å². The van der Waals surface area contributed by atoms with Crippen LogP contribution in [0.1, 0.15) is 37.8 Å². The van der Waals surface area contributed by atoms with Gasteiger partial charge in [0.25, 0.3) is 5.91 Å². The number of nitrogens with one attached hydrogen (secondary N) is 1. The first-order chi connectivity index (χ1) is 11.8. The van der Waals surface area contributed by atoms with Crippen molar-refractivity contribution in [1.29, 1.82) is 0 Å². The monoisotopic (exact) mass is 340 g/mol. The Morgan fingerprint density at radius 1 is 0.920 bits per heavy atom. The fourth-order valence-electron chi connectivity index (χ4n) is 2.46. The van der Waals surface area contributed by atoms with Gasteiger partial charge in [0.15, 0.2) is 0 Å². The lowest BCUT2D eigenvalue weighted by Crippen LogP contribution is -2.47. The highest BCUT2D eigenvalue weighted by Gasteiger charge is 2.27. The third-order valence-corrected chi connectivity index (χ3v) is 3.50. The molecule has 25 heavy (non-hydrogen) atoms. The number of hydrogen-bond donors (Lipinski definition) is 1. The maximum Gasteiger partial charge on any atom is 0.426 e. The van der Waals surface area contributed by atoms with Crippen molar-refractivity contribution in [2.24, 2.45) is 0 Å². The third-order valence-electron chi connectivity index (χ3n) is 3.50. The summed E-state index contributed by atoms with van der Waals surface area (Å²) in [4.78, 5) is 24.9. The lowest BCUT2D eigenvalue weighted by molar-refractivity contribution is -0.133. The molecule has 0 aromatic heterocycles.